The zero-order valence-electron chi connectivity index (χ0n) is 44.0. The van der Waals surface area contributed by atoms with Crippen molar-refractivity contribution in [2.24, 2.45) is 5.41 Å². The average Bonchev–Trinajstić information content (AvgIpc) is 3.36. The van der Waals surface area contributed by atoms with E-state index in [9.17, 15) is 14.4 Å². The number of allylic oxidation sites excluding steroid dienone is 3. The molecule has 73 heavy (non-hydrogen) atoms. The molecule has 0 saturated carbocycles. The van der Waals surface area contributed by atoms with Gasteiger partial charge >= 0.3 is 17.9 Å². The summed E-state index contributed by atoms with van der Waals surface area (Å²) >= 11 is 0. The fourth-order valence-corrected chi connectivity index (χ4v) is 9.98. The summed E-state index contributed by atoms with van der Waals surface area (Å²) in [6, 6.07) is 17.3. The molecule has 14 nitrogen and oxygen atoms in total. The van der Waals surface area contributed by atoms with Gasteiger partial charge in [-0.15, -0.1) is 0 Å². The van der Waals surface area contributed by atoms with Crippen LogP contribution >= 0.6 is 0 Å². The predicted octanol–water partition coefficient (Wildman–Crippen LogP) is 10.5. The summed E-state index contributed by atoms with van der Waals surface area (Å²) in [6.07, 6.45) is 11.9. The molecule has 10 atom stereocenters. The van der Waals surface area contributed by atoms with Gasteiger partial charge in [0.2, 0.25) is 5.79 Å². The average molecular weight is 1010 g/mol. The highest BCUT2D eigenvalue weighted by atomic mass is 16.7. The molecular weight excluding hydrogens is 933 g/mol. The number of carbonyl (C=O) groups is 3. The molecule has 3 saturated heterocycles. The number of fused-ring (bicyclic) bond motifs is 6. The third-order valence-electron chi connectivity index (χ3n) is 13.8. The summed E-state index contributed by atoms with van der Waals surface area (Å²) in [4.78, 5) is 41.6. The van der Waals surface area contributed by atoms with Crippen LogP contribution in [0.1, 0.15) is 109 Å². The topological polar surface area (TPSA) is 153 Å². The van der Waals surface area contributed by atoms with Crippen LogP contribution in [0.25, 0.3) is 0 Å². The maximum Gasteiger partial charge on any atom is 0.331 e. The Balaban J connectivity index is 1.40. The highest BCUT2D eigenvalue weighted by Crippen LogP contribution is 2.49. The molecular formula is C59H78O14. The van der Waals surface area contributed by atoms with Crippen molar-refractivity contribution in [3.8, 4) is 5.75 Å². The van der Waals surface area contributed by atoms with Crippen molar-refractivity contribution in [2.75, 3.05) is 28.1 Å². The third kappa shape index (κ3) is 16.9. The maximum atomic E-state index is 14.5. The number of rotatable bonds is 17. The molecule has 0 aliphatic carbocycles. The highest BCUT2D eigenvalue weighted by Gasteiger charge is 2.59. The molecule has 6 bridgehead atoms. The minimum Gasteiger partial charge on any atom is -0.497 e. The number of unbranched alkanes of at least 4 members (excludes halogenated alkanes) is 1. The summed E-state index contributed by atoms with van der Waals surface area (Å²) in [5.41, 5.74) is 3.25. The van der Waals surface area contributed by atoms with E-state index in [4.69, 9.17) is 52.1 Å². The number of esters is 3. The normalized spacial score (nSPS) is 29.6. The molecule has 398 valence electrons. The van der Waals surface area contributed by atoms with Crippen LogP contribution in [0.3, 0.4) is 0 Å². The van der Waals surface area contributed by atoms with E-state index in [1.807, 2.05) is 93.6 Å². The molecule has 4 aliphatic rings. The first-order valence-electron chi connectivity index (χ1n) is 25.7. The van der Waals surface area contributed by atoms with Crippen LogP contribution in [0, 0.1) is 5.41 Å². The van der Waals surface area contributed by atoms with Gasteiger partial charge in [0, 0.05) is 43.9 Å². The van der Waals surface area contributed by atoms with Gasteiger partial charge in [0.25, 0.3) is 0 Å². The Morgan fingerprint density at radius 1 is 0.808 bits per heavy atom. The van der Waals surface area contributed by atoms with Crippen molar-refractivity contribution in [3.63, 3.8) is 0 Å². The lowest BCUT2D eigenvalue weighted by Crippen LogP contribution is -2.63. The van der Waals surface area contributed by atoms with Gasteiger partial charge in [0.1, 0.15) is 18.6 Å². The van der Waals surface area contributed by atoms with Crippen molar-refractivity contribution in [1.82, 2.24) is 0 Å². The zero-order valence-corrected chi connectivity index (χ0v) is 44.0. The quantitative estimate of drug-likeness (QED) is 0.0281. The van der Waals surface area contributed by atoms with Gasteiger partial charge in [0.15, 0.2) is 6.10 Å². The van der Waals surface area contributed by atoms with Crippen molar-refractivity contribution in [2.45, 2.75) is 172 Å². The van der Waals surface area contributed by atoms with Crippen LogP contribution < -0.4 is 4.74 Å². The highest BCUT2D eigenvalue weighted by molar-refractivity contribution is 5.84. The summed E-state index contributed by atoms with van der Waals surface area (Å²) in [7, 11) is 4.38. The molecule has 0 spiro atoms. The summed E-state index contributed by atoms with van der Waals surface area (Å²) in [5.74, 6) is -2.92. The van der Waals surface area contributed by atoms with E-state index in [0.29, 0.717) is 50.7 Å². The number of carbonyl (C=O) groups excluding carboxylic acids is 3. The predicted molar refractivity (Wildman–Crippen MR) is 276 cm³/mol. The number of cyclic esters (lactones) is 1. The minimum atomic E-state index is -1.77. The molecule has 0 radical (unpaired) electrons. The monoisotopic (exact) mass is 1010 g/mol. The van der Waals surface area contributed by atoms with Crippen molar-refractivity contribution in [1.29, 1.82) is 0 Å². The Bertz CT molecular complexity index is 2250. The van der Waals surface area contributed by atoms with Gasteiger partial charge in [0.05, 0.1) is 76.6 Å². The van der Waals surface area contributed by atoms with Crippen molar-refractivity contribution < 1.29 is 66.5 Å². The van der Waals surface area contributed by atoms with E-state index < -0.39 is 59.6 Å². The first-order chi connectivity index (χ1) is 35.1. The molecule has 14 heteroatoms. The number of benzene rings is 2. The SMILES string of the molecule is C=C1CC2C[C@@H](OCc3ccc(OC)cc3)CC(=O)O[C@@H]([C@@H](C)OCOCc3ccccc3)C[C@@H]3C/C(=C\C(=O)OC)[C@H](OC(=O)/C=C/C=C/CCC)[C@@](OC)(O3)C(C)(C)/C=C/[C@H]3CC(=C)C[C@@H](C[C@@H](C1)O2)O3. The lowest BCUT2D eigenvalue weighted by Gasteiger charge is -2.53. The van der Waals surface area contributed by atoms with Gasteiger partial charge in [-0.2, -0.15) is 0 Å². The Hall–Kier alpha value is -5.19. The second-order valence-corrected chi connectivity index (χ2v) is 20.1. The van der Waals surface area contributed by atoms with Crippen LogP contribution in [0.15, 0.2) is 127 Å². The second kappa shape index (κ2) is 27.9. The molecule has 3 fully saturated rings. The molecule has 4 aliphatic heterocycles. The number of methoxy groups -OCH3 is 3. The fraction of sp³-hybridized carbons (Fsp3) is 0.542. The molecule has 0 aromatic heterocycles. The van der Waals surface area contributed by atoms with Gasteiger partial charge in [-0.1, -0.05) is 124 Å². The van der Waals surface area contributed by atoms with Crippen molar-refractivity contribution >= 4 is 17.9 Å². The Labute approximate surface area is 432 Å². The van der Waals surface area contributed by atoms with Crippen LogP contribution in [0.5, 0.6) is 5.75 Å². The first kappa shape index (κ1) is 57.1. The molecule has 2 aromatic carbocycles. The van der Waals surface area contributed by atoms with Gasteiger partial charge in [-0.05, 0) is 74.3 Å². The lowest BCUT2D eigenvalue weighted by molar-refractivity contribution is -0.338. The van der Waals surface area contributed by atoms with E-state index in [0.717, 1.165) is 40.9 Å². The fourth-order valence-electron chi connectivity index (χ4n) is 9.98. The Kier molecular flexibility index (Phi) is 21.8. The van der Waals surface area contributed by atoms with E-state index in [1.165, 1.54) is 26.4 Å². The standard InChI is InChI=1S/C59H78O14/c1-10-11-12-13-17-20-54(60)72-57-45(32-55(61)64-8)31-52-35-53(42(4)68-39-66-37-43-18-15-14-16-19-43)71-56(62)36-48(67-38-44-21-23-46(63-7)24-22-44)33-49-29-41(3)30-51(70-49)34-50-28-40(2)27-47(69-50)25-26-58(5,6)59(57,65-9)73-52/h12-26,32,42,47-53,57H,2-3,10-11,27-31,33-39H2,1,4-9H3/b13-12+,20-17+,26-25+,45-32+/t42-,47+,48-,49?,50+,51-,52+,53-,57+,59-/m1/s1. The maximum absolute atomic E-state index is 14.5. The van der Waals surface area contributed by atoms with E-state index in [2.05, 4.69) is 20.1 Å². The van der Waals surface area contributed by atoms with Crippen LogP contribution in [-0.4, -0.2) is 107 Å². The van der Waals surface area contributed by atoms with E-state index in [-0.39, 0.29) is 57.1 Å². The Morgan fingerprint density at radius 3 is 2.21 bits per heavy atom. The lowest BCUT2D eigenvalue weighted by atomic mass is 9.73. The summed E-state index contributed by atoms with van der Waals surface area (Å²) < 4.78 is 69.4. The zero-order chi connectivity index (χ0) is 52.4. The van der Waals surface area contributed by atoms with Crippen LogP contribution in [0.4, 0.5) is 0 Å². The first-order valence-corrected chi connectivity index (χ1v) is 25.7. The molecule has 1 unspecified atom stereocenters. The van der Waals surface area contributed by atoms with Crippen LogP contribution in [-0.2, 0) is 75.0 Å². The summed E-state index contributed by atoms with van der Waals surface area (Å²) in [5, 5.41) is 0. The van der Waals surface area contributed by atoms with E-state index >= 15 is 0 Å². The summed E-state index contributed by atoms with van der Waals surface area (Å²) in [6.45, 7) is 17.0. The molecule has 0 amide bonds. The second-order valence-electron chi connectivity index (χ2n) is 20.1. The Morgan fingerprint density at radius 2 is 1.51 bits per heavy atom. The molecule has 2 aromatic rings. The molecule has 6 rings (SSSR count). The number of ether oxygens (including phenoxy) is 11. The molecule has 0 N–H and O–H groups in total. The van der Waals surface area contributed by atoms with Crippen LogP contribution in [0.2, 0.25) is 0 Å². The third-order valence-corrected chi connectivity index (χ3v) is 13.8. The van der Waals surface area contributed by atoms with Gasteiger partial charge in [-0.3, -0.25) is 4.79 Å². The minimum absolute atomic E-state index is 0.0637. The smallest absolute Gasteiger partial charge is 0.331 e. The largest absolute Gasteiger partial charge is 0.497 e. The van der Waals surface area contributed by atoms with Gasteiger partial charge < -0.3 is 52.1 Å². The van der Waals surface area contributed by atoms with Gasteiger partial charge in [-0.25, -0.2) is 9.59 Å². The number of hydrogen-bond acceptors (Lipinski definition) is 14. The molecule has 4 heterocycles. The van der Waals surface area contributed by atoms with Crippen molar-refractivity contribution in [3.05, 3.63) is 138 Å². The number of hydrogen-bond donors (Lipinski definition) is 0. The van der Waals surface area contributed by atoms with E-state index in [1.54, 1.807) is 19.3 Å².